The van der Waals surface area contributed by atoms with E-state index in [0.29, 0.717) is 5.92 Å². The topological polar surface area (TPSA) is 36.4 Å². The molecule has 1 fully saturated rings. The van der Waals surface area contributed by atoms with Gasteiger partial charge in [-0.2, -0.15) is 0 Å². The van der Waals surface area contributed by atoms with Crippen molar-refractivity contribution in [2.45, 2.75) is 19.4 Å². The molecule has 1 saturated heterocycles. The van der Waals surface area contributed by atoms with Gasteiger partial charge in [-0.1, -0.05) is 18.2 Å². The van der Waals surface area contributed by atoms with Crippen LogP contribution in [0.1, 0.15) is 18.4 Å². The Balaban J connectivity index is 1.77. The first-order valence-electron chi connectivity index (χ1n) is 6.03. The Morgan fingerprint density at radius 2 is 1.94 bits per heavy atom. The van der Waals surface area contributed by atoms with Gasteiger partial charge in [0.15, 0.2) is 0 Å². The Morgan fingerprint density at radius 3 is 2.81 bits per heavy atom. The van der Waals surface area contributed by atoms with Crippen LogP contribution in [0, 0.1) is 5.92 Å². The fourth-order valence-electron chi connectivity index (χ4n) is 2.45. The Hall–Kier alpha value is -1.35. The van der Waals surface area contributed by atoms with Crippen LogP contribution in [0.25, 0.3) is 0 Å². The van der Waals surface area contributed by atoms with Crippen LogP contribution in [0.15, 0.2) is 29.3 Å². The van der Waals surface area contributed by atoms with Gasteiger partial charge in [0.1, 0.15) is 5.84 Å². The van der Waals surface area contributed by atoms with Crippen molar-refractivity contribution in [3.63, 3.8) is 0 Å². The number of hydrogen-bond acceptors (Lipinski definition) is 3. The van der Waals surface area contributed by atoms with Crippen molar-refractivity contribution in [2.75, 3.05) is 18.4 Å². The Morgan fingerprint density at radius 1 is 1.12 bits per heavy atom. The second-order valence-electron chi connectivity index (χ2n) is 4.51. The normalized spacial score (nSPS) is 20.9. The number of amidine groups is 1. The van der Waals surface area contributed by atoms with Gasteiger partial charge in [-0.05, 0) is 37.6 Å². The van der Waals surface area contributed by atoms with Crippen molar-refractivity contribution in [3.8, 4) is 0 Å². The maximum atomic E-state index is 4.67. The van der Waals surface area contributed by atoms with Crippen LogP contribution < -0.4 is 10.6 Å². The molecule has 0 radical (unpaired) electrons. The summed E-state index contributed by atoms with van der Waals surface area (Å²) in [6.45, 7) is 3.07. The Labute approximate surface area is 96.0 Å². The second kappa shape index (κ2) is 4.26. The molecule has 2 aliphatic rings. The summed E-state index contributed by atoms with van der Waals surface area (Å²) >= 11 is 0. The highest BCUT2D eigenvalue weighted by atomic mass is 15.0. The van der Waals surface area contributed by atoms with Crippen molar-refractivity contribution in [1.82, 2.24) is 5.32 Å². The minimum atomic E-state index is 0.620. The monoisotopic (exact) mass is 215 g/mol. The van der Waals surface area contributed by atoms with Gasteiger partial charge in [-0.25, -0.2) is 0 Å². The summed E-state index contributed by atoms with van der Waals surface area (Å²) in [5.41, 5.74) is 2.55. The number of anilines is 1. The number of fused-ring (bicyclic) bond motifs is 1. The molecule has 0 unspecified atom stereocenters. The van der Waals surface area contributed by atoms with Gasteiger partial charge < -0.3 is 10.6 Å². The number of aliphatic imine (C=N–C) groups is 1. The number of nitrogens with zero attached hydrogens (tertiary/aromatic N) is 1. The second-order valence-corrected chi connectivity index (χ2v) is 4.51. The van der Waals surface area contributed by atoms with E-state index in [2.05, 4.69) is 39.9 Å². The molecule has 0 atom stereocenters. The molecule has 0 saturated carbocycles. The minimum Gasteiger partial charge on any atom is -0.344 e. The van der Waals surface area contributed by atoms with E-state index in [1.165, 1.54) is 29.9 Å². The quantitative estimate of drug-likeness (QED) is 0.752. The molecule has 0 bridgehead atoms. The molecule has 2 heterocycles. The van der Waals surface area contributed by atoms with E-state index in [9.17, 15) is 0 Å². The third-order valence-corrected chi connectivity index (χ3v) is 3.43. The number of para-hydroxylation sites is 1. The Kier molecular flexibility index (Phi) is 2.62. The van der Waals surface area contributed by atoms with Crippen LogP contribution in [0.5, 0.6) is 0 Å². The highest BCUT2D eigenvalue weighted by Crippen LogP contribution is 2.24. The summed E-state index contributed by atoms with van der Waals surface area (Å²) in [6, 6.07) is 8.44. The van der Waals surface area contributed by atoms with Crippen molar-refractivity contribution < 1.29 is 0 Å². The van der Waals surface area contributed by atoms with Crippen molar-refractivity contribution in [3.05, 3.63) is 29.8 Å². The highest BCUT2D eigenvalue weighted by molar-refractivity contribution is 5.99. The summed E-state index contributed by atoms with van der Waals surface area (Å²) in [4.78, 5) is 4.67. The standard InChI is InChI=1S/C13H17N3/c1-2-4-12-11(3-1)9-15-13(16-12)10-5-7-14-8-6-10/h1-4,10,14H,5-9H2,(H,15,16). The average molecular weight is 215 g/mol. The number of benzene rings is 1. The lowest BCUT2D eigenvalue weighted by Gasteiger charge is -2.28. The maximum absolute atomic E-state index is 4.67. The van der Waals surface area contributed by atoms with Gasteiger partial charge >= 0.3 is 0 Å². The van der Waals surface area contributed by atoms with Gasteiger partial charge in [0.2, 0.25) is 0 Å². The fourth-order valence-corrected chi connectivity index (χ4v) is 2.45. The molecule has 0 aromatic heterocycles. The first-order chi connectivity index (χ1) is 7.93. The maximum Gasteiger partial charge on any atom is 0.104 e. The number of piperidine rings is 1. The lowest BCUT2D eigenvalue weighted by Crippen LogP contribution is -2.35. The average Bonchev–Trinajstić information content (AvgIpc) is 2.39. The van der Waals surface area contributed by atoms with Gasteiger partial charge in [0, 0.05) is 11.6 Å². The third-order valence-electron chi connectivity index (χ3n) is 3.43. The van der Waals surface area contributed by atoms with Crippen molar-refractivity contribution >= 4 is 11.5 Å². The zero-order valence-corrected chi connectivity index (χ0v) is 9.37. The first-order valence-corrected chi connectivity index (χ1v) is 6.03. The van der Waals surface area contributed by atoms with Crippen molar-refractivity contribution in [1.29, 1.82) is 0 Å². The zero-order valence-electron chi connectivity index (χ0n) is 9.37. The molecule has 84 valence electrons. The van der Waals surface area contributed by atoms with Crippen LogP contribution in [0.4, 0.5) is 5.69 Å². The van der Waals surface area contributed by atoms with E-state index in [-0.39, 0.29) is 0 Å². The van der Waals surface area contributed by atoms with Gasteiger partial charge in [-0.15, -0.1) is 0 Å². The number of nitrogens with one attached hydrogen (secondary N) is 2. The summed E-state index contributed by atoms with van der Waals surface area (Å²) in [5, 5.41) is 6.88. The Bertz CT molecular complexity index is 405. The van der Waals surface area contributed by atoms with Gasteiger partial charge in [0.05, 0.1) is 6.54 Å². The van der Waals surface area contributed by atoms with Gasteiger partial charge in [0.25, 0.3) is 0 Å². The third kappa shape index (κ3) is 1.83. The van der Waals surface area contributed by atoms with Gasteiger partial charge in [-0.3, -0.25) is 4.99 Å². The molecule has 3 rings (SSSR count). The summed E-state index contributed by atoms with van der Waals surface area (Å²) in [7, 11) is 0. The molecule has 1 aromatic carbocycles. The molecule has 0 spiro atoms. The molecular formula is C13H17N3. The smallest absolute Gasteiger partial charge is 0.104 e. The molecular weight excluding hydrogens is 198 g/mol. The summed E-state index contributed by atoms with van der Waals surface area (Å²) in [6.07, 6.45) is 2.40. The zero-order chi connectivity index (χ0) is 10.8. The number of rotatable bonds is 1. The van der Waals surface area contributed by atoms with Crippen LogP contribution in [0.2, 0.25) is 0 Å². The summed E-state index contributed by atoms with van der Waals surface area (Å²) < 4.78 is 0. The lowest BCUT2D eigenvalue weighted by molar-refractivity contribution is 0.455. The lowest BCUT2D eigenvalue weighted by atomic mass is 9.95. The summed E-state index contributed by atoms with van der Waals surface area (Å²) in [5.74, 6) is 1.81. The molecule has 0 amide bonds. The van der Waals surface area contributed by atoms with E-state index in [0.717, 1.165) is 19.6 Å². The van der Waals surface area contributed by atoms with E-state index in [4.69, 9.17) is 0 Å². The molecule has 16 heavy (non-hydrogen) atoms. The first kappa shape index (κ1) is 9.85. The van der Waals surface area contributed by atoms with Crippen LogP contribution >= 0.6 is 0 Å². The highest BCUT2D eigenvalue weighted by Gasteiger charge is 2.21. The molecule has 1 aromatic rings. The van der Waals surface area contributed by atoms with Crippen LogP contribution in [-0.4, -0.2) is 18.9 Å². The predicted octanol–water partition coefficient (Wildman–Crippen LogP) is 2.01. The molecule has 0 aliphatic carbocycles. The SMILES string of the molecule is c1ccc2c(c1)CN=C(C1CCNCC1)N2. The fraction of sp³-hybridized carbons (Fsp3) is 0.462. The largest absolute Gasteiger partial charge is 0.344 e. The molecule has 2 N–H and O–H groups in total. The van der Waals surface area contributed by atoms with E-state index < -0.39 is 0 Å². The molecule has 3 heteroatoms. The minimum absolute atomic E-state index is 0.620. The van der Waals surface area contributed by atoms with E-state index >= 15 is 0 Å². The molecule has 3 nitrogen and oxygen atoms in total. The molecule has 2 aliphatic heterocycles. The van der Waals surface area contributed by atoms with Crippen LogP contribution in [-0.2, 0) is 6.54 Å². The van der Waals surface area contributed by atoms with E-state index in [1.54, 1.807) is 0 Å². The number of hydrogen-bond donors (Lipinski definition) is 2. The predicted molar refractivity (Wildman–Crippen MR) is 66.8 cm³/mol. The van der Waals surface area contributed by atoms with E-state index in [1.807, 2.05) is 0 Å². The van der Waals surface area contributed by atoms with Crippen LogP contribution in [0.3, 0.4) is 0 Å². The van der Waals surface area contributed by atoms with Crippen molar-refractivity contribution in [2.24, 2.45) is 10.9 Å².